The normalized spacial score (nSPS) is 15.6. The molecule has 2 aromatic rings. The van der Waals surface area contributed by atoms with Gasteiger partial charge in [-0.25, -0.2) is 12.8 Å². The molecule has 0 aromatic heterocycles. The maximum absolute atomic E-state index is 12.8. The molecule has 0 bridgehead atoms. The van der Waals surface area contributed by atoms with Crippen LogP contribution < -0.4 is 10.1 Å². The van der Waals surface area contributed by atoms with Gasteiger partial charge in [-0.05, 0) is 42.5 Å². The fourth-order valence-corrected chi connectivity index (χ4v) is 4.05. The molecule has 1 heterocycles. The fraction of sp³-hybridized carbons (Fsp3) is 0.333. The smallest absolute Gasteiger partial charge is 0.243 e. The van der Waals surface area contributed by atoms with E-state index in [0.717, 1.165) is 0 Å². The maximum Gasteiger partial charge on any atom is 0.243 e. The monoisotopic (exact) mass is 380 g/mol. The highest BCUT2D eigenvalue weighted by atomic mass is 32.2. The zero-order valence-corrected chi connectivity index (χ0v) is 15.0. The van der Waals surface area contributed by atoms with Crippen LogP contribution in [-0.2, 0) is 14.8 Å². The van der Waals surface area contributed by atoms with E-state index in [-0.39, 0.29) is 10.7 Å². The first-order valence-electron chi connectivity index (χ1n) is 8.36. The fourth-order valence-electron chi connectivity index (χ4n) is 2.60. The van der Waals surface area contributed by atoms with E-state index in [1.807, 2.05) is 0 Å². The van der Waals surface area contributed by atoms with Crippen LogP contribution in [0.5, 0.6) is 5.75 Å². The number of halogens is 1. The van der Waals surface area contributed by atoms with Crippen LogP contribution in [0.4, 0.5) is 10.1 Å². The third-order valence-electron chi connectivity index (χ3n) is 3.96. The summed E-state index contributed by atoms with van der Waals surface area (Å²) in [5.41, 5.74) is 0.696. The first kappa shape index (κ1) is 18.6. The van der Waals surface area contributed by atoms with Crippen molar-refractivity contribution in [2.24, 2.45) is 0 Å². The topological polar surface area (TPSA) is 67.9 Å². The Morgan fingerprint density at radius 1 is 1.12 bits per heavy atom. The number of rotatable bonds is 7. The number of hydrogen-bond acceptors (Lipinski definition) is 5. The van der Waals surface area contributed by atoms with Crippen LogP contribution in [0.3, 0.4) is 0 Å². The van der Waals surface area contributed by atoms with E-state index in [2.05, 4.69) is 5.32 Å². The first-order chi connectivity index (χ1) is 12.6. The molecule has 0 atom stereocenters. The van der Waals surface area contributed by atoms with Crippen molar-refractivity contribution in [2.75, 3.05) is 44.8 Å². The molecule has 0 saturated carbocycles. The van der Waals surface area contributed by atoms with Crippen LogP contribution in [-0.4, -0.2) is 52.2 Å². The van der Waals surface area contributed by atoms with E-state index in [1.165, 1.54) is 16.4 Å². The average molecular weight is 380 g/mol. The highest BCUT2D eigenvalue weighted by Gasteiger charge is 2.26. The van der Waals surface area contributed by atoms with Crippen molar-refractivity contribution >= 4 is 15.7 Å². The summed E-state index contributed by atoms with van der Waals surface area (Å²) >= 11 is 0. The average Bonchev–Trinajstić information content (AvgIpc) is 2.67. The summed E-state index contributed by atoms with van der Waals surface area (Å²) in [6.45, 7) is 2.41. The summed E-state index contributed by atoms with van der Waals surface area (Å²) in [6, 6.07) is 12.5. The van der Waals surface area contributed by atoms with E-state index in [9.17, 15) is 12.8 Å². The molecule has 6 nitrogen and oxygen atoms in total. The summed E-state index contributed by atoms with van der Waals surface area (Å²) in [7, 11) is -3.52. The Bertz CT molecular complexity index is 821. The van der Waals surface area contributed by atoms with Gasteiger partial charge < -0.3 is 14.8 Å². The molecular formula is C18H21FN2O4S. The molecule has 0 unspecified atom stereocenters. The van der Waals surface area contributed by atoms with E-state index in [4.69, 9.17) is 9.47 Å². The number of nitrogens with one attached hydrogen (secondary N) is 1. The van der Waals surface area contributed by atoms with Crippen LogP contribution in [0.15, 0.2) is 53.4 Å². The van der Waals surface area contributed by atoms with Gasteiger partial charge in [0.25, 0.3) is 0 Å². The summed E-state index contributed by atoms with van der Waals surface area (Å²) < 4.78 is 50.3. The van der Waals surface area contributed by atoms with Crippen LogP contribution in [0, 0.1) is 5.82 Å². The summed E-state index contributed by atoms with van der Waals surface area (Å²) in [5.74, 6) is 0.269. The Labute approximate surface area is 152 Å². The van der Waals surface area contributed by atoms with Crippen molar-refractivity contribution in [1.29, 1.82) is 0 Å². The Balaban J connectivity index is 1.56. The molecule has 0 spiro atoms. The largest absolute Gasteiger partial charge is 0.492 e. The summed E-state index contributed by atoms with van der Waals surface area (Å²) in [4.78, 5) is 0.254. The molecular weight excluding hydrogens is 359 g/mol. The van der Waals surface area contributed by atoms with E-state index in [0.29, 0.717) is 50.9 Å². The van der Waals surface area contributed by atoms with Gasteiger partial charge in [0.15, 0.2) is 0 Å². The van der Waals surface area contributed by atoms with Gasteiger partial charge in [-0.2, -0.15) is 4.31 Å². The standard InChI is InChI=1S/C18H21FN2O4S/c19-15-4-6-17(7-5-15)25-11-8-20-16-2-1-3-18(14-16)26(22,23)21-9-12-24-13-10-21/h1-7,14,20H,8-13H2. The van der Waals surface area contributed by atoms with Crippen LogP contribution in [0.1, 0.15) is 0 Å². The molecule has 3 rings (SSSR count). The third kappa shape index (κ3) is 4.72. The van der Waals surface area contributed by atoms with Crippen molar-refractivity contribution in [2.45, 2.75) is 4.90 Å². The lowest BCUT2D eigenvalue weighted by atomic mass is 10.3. The predicted molar refractivity (Wildman–Crippen MR) is 96.4 cm³/mol. The highest BCUT2D eigenvalue weighted by molar-refractivity contribution is 7.89. The van der Waals surface area contributed by atoms with Crippen LogP contribution in [0.25, 0.3) is 0 Å². The molecule has 0 amide bonds. The Morgan fingerprint density at radius 2 is 1.85 bits per heavy atom. The SMILES string of the molecule is O=S(=O)(c1cccc(NCCOc2ccc(F)cc2)c1)N1CCOCC1. The quantitative estimate of drug-likeness (QED) is 0.747. The lowest BCUT2D eigenvalue weighted by molar-refractivity contribution is 0.0730. The molecule has 26 heavy (non-hydrogen) atoms. The molecule has 0 aliphatic carbocycles. The Morgan fingerprint density at radius 3 is 2.58 bits per heavy atom. The van der Waals surface area contributed by atoms with E-state index >= 15 is 0 Å². The Kier molecular flexibility index (Phi) is 6.08. The zero-order valence-electron chi connectivity index (χ0n) is 14.2. The second-order valence-electron chi connectivity index (χ2n) is 5.77. The number of benzene rings is 2. The van der Waals surface area contributed by atoms with Crippen LogP contribution in [0.2, 0.25) is 0 Å². The molecule has 1 N–H and O–H groups in total. The summed E-state index contributed by atoms with van der Waals surface area (Å²) in [5, 5.41) is 3.13. The molecule has 2 aromatic carbocycles. The predicted octanol–water partition coefficient (Wildman–Crippen LogP) is 2.34. The van der Waals surface area contributed by atoms with Gasteiger partial charge in [-0.3, -0.25) is 0 Å². The van der Waals surface area contributed by atoms with Gasteiger partial charge in [0, 0.05) is 25.3 Å². The van der Waals surface area contributed by atoms with Crippen LogP contribution >= 0.6 is 0 Å². The number of hydrogen-bond donors (Lipinski definition) is 1. The molecule has 8 heteroatoms. The van der Waals surface area contributed by atoms with Gasteiger partial charge in [-0.1, -0.05) is 6.07 Å². The molecule has 0 radical (unpaired) electrons. The Hall–Kier alpha value is -2.16. The van der Waals surface area contributed by atoms with Gasteiger partial charge in [0.05, 0.1) is 18.1 Å². The van der Waals surface area contributed by atoms with Gasteiger partial charge >= 0.3 is 0 Å². The lowest BCUT2D eigenvalue weighted by Crippen LogP contribution is -2.40. The van der Waals surface area contributed by atoms with Gasteiger partial charge in [-0.15, -0.1) is 0 Å². The van der Waals surface area contributed by atoms with Crippen molar-refractivity contribution in [3.63, 3.8) is 0 Å². The number of morpholine rings is 1. The molecule has 140 valence electrons. The molecule has 1 fully saturated rings. The molecule has 1 aliphatic rings. The van der Waals surface area contributed by atoms with E-state index < -0.39 is 10.0 Å². The maximum atomic E-state index is 12.8. The number of ether oxygens (including phenoxy) is 2. The minimum absolute atomic E-state index is 0.254. The number of sulfonamides is 1. The minimum atomic E-state index is -3.52. The van der Waals surface area contributed by atoms with E-state index in [1.54, 1.807) is 36.4 Å². The highest BCUT2D eigenvalue weighted by Crippen LogP contribution is 2.20. The molecule has 1 saturated heterocycles. The van der Waals surface area contributed by atoms with Crippen molar-refractivity contribution in [3.05, 3.63) is 54.3 Å². The van der Waals surface area contributed by atoms with Gasteiger partial charge in [0.2, 0.25) is 10.0 Å². The van der Waals surface area contributed by atoms with Gasteiger partial charge in [0.1, 0.15) is 18.2 Å². The number of nitrogens with zero attached hydrogens (tertiary/aromatic N) is 1. The summed E-state index contributed by atoms with van der Waals surface area (Å²) in [6.07, 6.45) is 0. The second-order valence-corrected chi connectivity index (χ2v) is 7.71. The van der Waals surface area contributed by atoms with Crippen molar-refractivity contribution in [3.8, 4) is 5.75 Å². The zero-order chi connectivity index (χ0) is 18.4. The van der Waals surface area contributed by atoms with Crippen molar-refractivity contribution in [1.82, 2.24) is 4.31 Å². The molecule has 1 aliphatic heterocycles. The lowest BCUT2D eigenvalue weighted by Gasteiger charge is -2.26. The first-order valence-corrected chi connectivity index (χ1v) is 9.80. The number of anilines is 1. The second kappa shape index (κ2) is 8.48. The minimum Gasteiger partial charge on any atom is -0.492 e. The van der Waals surface area contributed by atoms with Crippen molar-refractivity contribution < 1.29 is 22.3 Å². The third-order valence-corrected chi connectivity index (χ3v) is 5.85.